The van der Waals surface area contributed by atoms with Crippen molar-refractivity contribution in [1.29, 1.82) is 0 Å². The van der Waals surface area contributed by atoms with Crippen molar-refractivity contribution in [2.45, 2.75) is 39.2 Å². The van der Waals surface area contributed by atoms with Crippen LogP contribution in [0, 0.1) is 0 Å². The Balaban J connectivity index is 1.71. The van der Waals surface area contributed by atoms with E-state index < -0.39 is 5.60 Å². The summed E-state index contributed by atoms with van der Waals surface area (Å²) < 4.78 is 5.40. The van der Waals surface area contributed by atoms with Gasteiger partial charge < -0.3 is 20.3 Å². The first-order chi connectivity index (χ1) is 12.7. The molecule has 0 radical (unpaired) electrons. The number of nitrogens with two attached hydrogens (primary N) is 1. The van der Waals surface area contributed by atoms with Crippen LogP contribution in [-0.4, -0.2) is 59.6 Å². The smallest absolute Gasteiger partial charge is 0.410 e. The van der Waals surface area contributed by atoms with Gasteiger partial charge in [-0.15, -0.1) is 0 Å². The molecule has 9 heteroatoms. The van der Waals surface area contributed by atoms with Crippen molar-refractivity contribution in [1.82, 2.24) is 9.88 Å². The Morgan fingerprint density at radius 1 is 1.11 bits per heavy atom. The number of aromatic nitrogens is 1. The molecule has 2 aliphatic rings. The number of rotatable bonds is 2. The number of pyridine rings is 1. The van der Waals surface area contributed by atoms with Crippen LogP contribution >= 0.6 is 0 Å². The number of hydrogen-bond acceptors (Lipinski definition) is 7. The molecule has 9 nitrogen and oxygen atoms in total. The zero-order valence-electron chi connectivity index (χ0n) is 15.9. The predicted molar refractivity (Wildman–Crippen MR) is 100 cm³/mol. The lowest BCUT2D eigenvalue weighted by molar-refractivity contribution is -0.121. The molecule has 27 heavy (non-hydrogen) atoms. The molecule has 1 aromatic rings. The van der Waals surface area contributed by atoms with Gasteiger partial charge in [-0.05, 0) is 26.8 Å². The summed E-state index contributed by atoms with van der Waals surface area (Å²) in [4.78, 5) is 45.1. The second kappa shape index (κ2) is 7.05. The van der Waals surface area contributed by atoms with Crippen LogP contribution in [0.2, 0.25) is 0 Å². The van der Waals surface area contributed by atoms with E-state index in [0.717, 1.165) is 4.90 Å². The highest BCUT2D eigenvalue weighted by Crippen LogP contribution is 2.30. The number of anilines is 3. The standard InChI is InChI=1S/C18H25N5O4/c1-18(2,3)27-17(26)22-8-6-21(7-9-22)13-10-12(11-20-16(13)19)23-14(24)4-5-15(23)25/h10-11H,4-9H2,1-3H3,(H2,19,20). The molecule has 3 heterocycles. The van der Waals surface area contributed by atoms with Gasteiger partial charge in [-0.3, -0.25) is 9.59 Å². The number of nitrogens with zero attached hydrogens (tertiary/aromatic N) is 4. The second-order valence-electron chi connectivity index (χ2n) is 7.68. The molecule has 1 aromatic heterocycles. The minimum Gasteiger partial charge on any atom is -0.444 e. The van der Waals surface area contributed by atoms with Crippen LogP contribution in [0.3, 0.4) is 0 Å². The number of carbonyl (C=O) groups is 3. The first-order valence-corrected chi connectivity index (χ1v) is 9.00. The quantitative estimate of drug-likeness (QED) is 0.778. The molecule has 0 atom stereocenters. The highest BCUT2D eigenvalue weighted by atomic mass is 16.6. The Morgan fingerprint density at radius 2 is 1.70 bits per heavy atom. The largest absolute Gasteiger partial charge is 0.444 e. The molecule has 0 bridgehead atoms. The predicted octanol–water partition coefficient (Wildman–Crippen LogP) is 1.37. The number of hydrogen-bond donors (Lipinski definition) is 1. The van der Waals surface area contributed by atoms with Crippen molar-refractivity contribution in [2.75, 3.05) is 41.7 Å². The van der Waals surface area contributed by atoms with E-state index in [1.165, 1.54) is 6.20 Å². The molecule has 0 aromatic carbocycles. The fraction of sp³-hybridized carbons (Fsp3) is 0.556. The van der Waals surface area contributed by atoms with Gasteiger partial charge in [0.2, 0.25) is 11.8 Å². The monoisotopic (exact) mass is 375 g/mol. The van der Waals surface area contributed by atoms with Crippen LogP contribution < -0.4 is 15.5 Å². The topological polar surface area (TPSA) is 109 Å². The molecule has 3 rings (SSSR count). The van der Waals surface area contributed by atoms with Crippen molar-refractivity contribution in [3.63, 3.8) is 0 Å². The summed E-state index contributed by atoms with van der Waals surface area (Å²) in [6.45, 7) is 7.58. The summed E-state index contributed by atoms with van der Waals surface area (Å²) in [5, 5.41) is 0. The fourth-order valence-electron chi connectivity index (χ4n) is 3.15. The van der Waals surface area contributed by atoms with Gasteiger partial charge in [0, 0.05) is 39.0 Å². The SMILES string of the molecule is CC(C)(C)OC(=O)N1CCN(c2cc(N3C(=O)CCC3=O)cnc2N)CC1. The average molecular weight is 375 g/mol. The van der Waals surface area contributed by atoms with Crippen LogP contribution in [0.15, 0.2) is 12.3 Å². The van der Waals surface area contributed by atoms with Crippen molar-refractivity contribution >= 4 is 35.1 Å². The average Bonchev–Trinajstić information content (AvgIpc) is 2.93. The first kappa shape index (κ1) is 18.9. The molecule has 2 fully saturated rings. The van der Waals surface area contributed by atoms with Gasteiger partial charge in [0.1, 0.15) is 11.4 Å². The van der Waals surface area contributed by atoms with E-state index in [1.54, 1.807) is 11.0 Å². The zero-order chi connectivity index (χ0) is 19.8. The molecule has 146 valence electrons. The summed E-state index contributed by atoms with van der Waals surface area (Å²) in [5.41, 5.74) is 6.57. The Kier molecular flexibility index (Phi) is 4.95. The van der Waals surface area contributed by atoms with E-state index in [2.05, 4.69) is 4.98 Å². The van der Waals surface area contributed by atoms with E-state index in [9.17, 15) is 14.4 Å². The van der Waals surface area contributed by atoms with E-state index in [1.807, 2.05) is 25.7 Å². The third kappa shape index (κ3) is 4.12. The summed E-state index contributed by atoms with van der Waals surface area (Å²) >= 11 is 0. The van der Waals surface area contributed by atoms with Gasteiger partial charge in [0.25, 0.3) is 0 Å². The summed E-state index contributed by atoms with van der Waals surface area (Å²) in [6, 6.07) is 1.71. The lowest BCUT2D eigenvalue weighted by Crippen LogP contribution is -2.50. The minimum absolute atomic E-state index is 0.215. The van der Waals surface area contributed by atoms with E-state index >= 15 is 0 Å². The van der Waals surface area contributed by atoms with Gasteiger partial charge in [0.15, 0.2) is 0 Å². The second-order valence-corrected chi connectivity index (χ2v) is 7.68. The molecule has 2 saturated heterocycles. The third-order valence-corrected chi connectivity index (χ3v) is 4.46. The molecular weight excluding hydrogens is 350 g/mol. The number of carbonyl (C=O) groups excluding carboxylic acids is 3. The normalized spacial score (nSPS) is 18.3. The van der Waals surface area contributed by atoms with Crippen molar-refractivity contribution in [3.8, 4) is 0 Å². The van der Waals surface area contributed by atoms with Gasteiger partial charge in [-0.25, -0.2) is 14.7 Å². The van der Waals surface area contributed by atoms with Crippen LogP contribution in [0.25, 0.3) is 0 Å². The van der Waals surface area contributed by atoms with Crippen molar-refractivity contribution in [3.05, 3.63) is 12.3 Å². The van der Waals surface area contributed by atoms with Crippen LogP contribution in [0.5, 0.6) is 0 Å². The van der Waals surface area contributed by atoms with Crippen molar-refractivity contribution < 1.29 is 19.1 Å². The minimum atomic E-state index is -0.536. The van der Waals surface area contributed by atoms with Crippen LogP contribution in [-0.2, 0) is 14.3 Å². The Morgan fingerprint density at radius 3 is 2.26 bits per heavy atom. The zero-order valence-corrected chi connectivity index (χ0v) is 15.9. The maximum absolute atomic E-state index is 12.2. The lowest BCUT2D eigenvalue weighted by atomic mass is 10.2. The Bertz CT molecular complexity index is 750. The number of amides is 3. The number of nitrogen functional groups attached to an aromatic ring is 1. The number of imide groups is 1. The number of ether oxygens (including phenoxy) is 1. The van der Waals surface area contributed by atoms with E-state index in [-0.39, 0.29) is 30.7 Å². The molecule has 0 spiro atoms. The molecule has 0 saturated carbocycles. The highest BCUT2D eigenvalue weighted by Gasteiger charge is 2.32. The molecule has 2 aliphatic heterocycles. The van der Waals surface area contributed by atoms with Crippen LogP contribution in [0.1, 0.15) is 33.6 Å². The van der Waals surface area contributed by atoms with E-state index in [0.29, 0.717) is 43.4 Å². The molecule has 0 unspecified atom stereocenters. The summed E-state index contributed by atoms with van der Waals surface area (Å²) in [5.74, 6) is -0.136. The lowest BCUT2D eigenvalue weighted by Gasteiger charge is -2.37. The van der Waals surface area contributed by atoms with Gasteiger partial charge in [-0.2, -0.15) is 0 Å². The highest BCUT2D eigenvalue weighted by molar-refractivity contribution is 6.20. The third-order valence-electron chi connectivity index (χ3n) is 4.46. The summed E-state index contributed by atoms with van der Waals surface area (Å²) in [6.07, 6.45) is 1.53. The maximum atomic E-state index is 12.2. The van der Waals surface area contributed by atoms with E-state index in [4.69, 9.17) is 10.5 Å². The van der Waals surface area contributed by atoms with Gasteiger partial charge in [-0.1, -0.05) is 0 Å². The Labute approximate surface area is 158 Å². The maximum Gasteiger partial charge on any atom is 0.410 e. The Hall–Kier alpha value is -2.84. The van der Waals surface area contributed by atoms with Gasteiger partial charge in [0.05, 0.1) is 17.6 Å². The fourth-order valence-corrected chi connectivity index (χ4v) is 3.15. The molecule has 0 aliphatic carbocycles. The summed E-state index contributed by atoms with van der Waals surface area (Å²) in [7, 11) is 0. The van der Waals surface area contributed by atoms with Gasteiger partial charge >= 0.3 is 6.09 Å². The van der Waals surface area contributed by atoms with Crippen molar-refractivity contribution in [2.24, 2.45) is 0 Å². The number of piperazine rings is 1. The molecular formula is C18H25N5O4. The first-order valence-electron chi connectivity index (χ1n) is 9.00. The molecule has 2 N–H and O–H groups in total. The van der Waals surface area contributed by atoms with Crippen LogP contribution in [0.4, 0.5) is 22.0 Å². The molecule has 3 amide bonds.